The van der Waals surface area contributed by atoms with Crippen molar-refractivity contribution in [1.29, 1.82) is 0 Å². The predicted octanol–water partition coefficient (Wildman–Crippen LogP) is 1.81. The lowest BCUT2D eigenvalue weighted by Gasteiger charge is -2.17. The molecule has 0 saturated carbocycles. The predicted molar refractivity (Wildman–Crippen MR) is 88.5 cm³/mol. The smallest absolute Gasteiger partial charge is 0.328 e. The quantitative estimate of drug-likeness (QED) is 0.759. The van der Waals surface area contributed by atoms with E-state index in [1.807, 2.05) is 0 Å². The van der Waals surface area contributed by atoms with Crippen LogP contribution in [0.15, 0.2) is 36.5 Å². The van der Waals surface area contributed by atoms with Crippen molar-refractivity contribution < 1.29 is 27.8 Å². The number of benzene rings is 1. The average molecular weight is 364 g/mol. The molecule has 0 bridgehead atoms. The Hall–Kier alpha value is -3.03. The van der Waals surface area contributed by atoms with Crippen LogP contribution in [0.2, 0.25) is 0 Å². The fourth-order valence-electron chi connectivity index (χ4n) is 2.40. The summed E-state index contributed by atoms with van der Waals surface area (Å²) < 4.78 is 36.1. The molecule has 2 aromatic rings. The first-order chi connectivity index (χ1) is 12.4. The minimum absolute atomic E-state index is 0.104. The second-order valence-corrected chi connectivity index (χ2v) is 5.44. The van der Waals surface area contributed by atoms with Crippen LogP contribution >= 0.6 is 0 Å². The molecule has 1 heterocycles. The molecule has 1 aromatic carbocycles. The van der Waals surface area contributed by atoms with E-state index in [-0.39, 0.29) is 18.4 Å². The third-order valence-electron chi connectivity index (χ3n) is 3.64. The van der Waals surface area contributed by atoms with Crippen molar-refractivity contribution in [2.24, 2.45) is 0 Å². The molecule has 1 atom stereocenters. The second kappa shape index (κ2) is 8.89. The number of halogens is 2. The molecule has 0 radical (unpaired) electrons. The molecule has 1 N–H and O–H groups in total. The van der Waals surface area contributed by atoms with E-state index in [4.69, 9.17) is 9.47 Å². The maximum Gasteiger partial charge on any atom is 0.328 e. The van der Waals surface area contributed by atoms with Crippen LogP contribution in [0.3, 0.4) is 0 Å². The zero-order valence-electron chi connectivity index (χ0n) is 14.3. The van der Waals surface area contributed by atoms with E-state index in [2.05, 4.69) is 10.3 Å². The van der Waals surface area contributed by atoms with Gasteiger partial charge in [0.1, 0.15) is 6.04 Å². The minimum atomic E-state index is -1.04. The van der Waals surface area contributed by atoms with Crippen LogP contribution in [-0.2, 0) is 27.2 Å². The van der Waals surface area contributed by atoms with Crippen molar-refractivity contribution in [1.82, 2.24) is 10.3 Å². The SMILES string of the molecule is COC(=O)[C@H](Cc1cccnc1OC)NC(=O)Cc1ccc(F)c(F)c1. The van der Waals surface area contributed by atoms with Crippen molar-refractivity contribution in [3.8, 4) is 5.88 Å². The second-order valence-electron chi connectivity index (χ2n) is 5.44. The van der Waals surface area contributed by atoms with Crippen LogP contribution in [0.4, 0.5) is 8.78 Å². The number of carbonyl (C=O) groups is 2. The van der Waals surface area contributed by atoms with Crippen LogP contribution in [-0.4, -0.2) is 37.1 Å². The monoisotopic (exact) mass is 364 g/mol. The molecule has 0 fully saturated rings. The van der Waals surface area contributed by atoms with Crippen molar-refractivity contribution in [3.63, 3.8) is 0 Å². The van der Waals surface area contributed by atoms with E-state index in [0.29, 0.717) is 11.4 Å². The summed E-state index contributed by atoms with van der Waals surface area (Å²) in [6.07, 6.45) is 1.43. The summed E-state index contributed by atoms with van der Waals surface area (Å²) in [5.74, 6) is -2.88. The fraction of sp³-hybridized carbons (Fsp3) is 0.278. The van der Waals surface area contributed by atoms with Gasteiger partial charge in [0.15, 0.2) is 11.6 Å². The molecule has 138 valence electrons. The number of esters is 1. The molecule has 6 nitrogen and oxygen atoms in total. The number of methoxy groups -OCH3 is 2. The zero-order valence-corrected chi connectivity index (χ0v) is 14.3. The van der Waals surface area contributed by atoms with E-state index in [1.54, 1.807) is 12.1 Å². The van der Waals surface area contributed by atoms with Gasteiger partial charge in [-0.25, -0.2) is 18.6 Å². The standard InChI is InChI=1S/C18H18F2N2O4/c1-25-17-12(4-3-7-21-17)10-15(18(24)26-2)22-16(23)9-11-5-6-13(19)14(20)8-11/h3-8,15H,9-10H2,1-2H3,(H,22,23)/t15-/m0/s1. The Labute approximate surface area is 149 Å². The Morgan fingerprint density at radius 3 is 2.62 bits per heavy atom. The molecule has 0 spiro atoms. The Balaban J connectivity index is 2.10. The lowest BCUT2D eigenvalue weighted by atomic mass is 10.1. The molecule has 1 aromatic heterocycles. The highest BCUT2D eigenvalue weighted by Gasteiger charge is 2.24. The molecule has 0 aliphatic rings. The maximum absolute atomic E-state index is 13.2. The Morgan fingerprint density at radius 2 is 1.96 bits per heavy atom. The summed E-state index contributed by atoms with van der Waals surface area (Å²) in [5.41, 5.74) is 0.891. The number of ether oxygens (including phenoxy) is 2. The number of hydrogen-bond acceptors (Lipinski definition) is 5. The van der Waals surface area contributed by atoms with Gasteiger partial charge in [0.2, 0.25) is 11.8 Å². The van der Waals surface area contributed by atoms with E-state index in [0.717, 1.165) is 12.1 Å². The van der Waals surface area contributed by atoms with Crippen LogP contribution < -0.4 is 10.1 Å². The Bertz CT molecular complexity index is 799. The highest BCUT2D eigenvalue weighted by atomic mass is 19.2. The van der Waals surface area contributed by atoms with Crippen LogP contribution in [0.1, 0.15) is 11.1 Å². The summed E-state index contributed by atoms with van der Waals surface area (Å²) in [7, 11) is 2.65. The lowest BCUT2D eigenvalue weighted by Crippen LogP contribution is -2.43. The maximum atomic E-state index is 13.2. The van der Waals surface area contributed by atoms with E-state index < -0.39 is 29.6 Å². The number of rotatable bonds is 7. The molecule has 0 aliphatic carbocycles. The first-order valence-corrected chi connectivity index (χ1v) is 7.73. The lowest BCUT2D eigenvalue weighted by molar-refractivity contribution is -0.145. The van der Waals surface area contributed by atoms with Crippen molar-refractivity contribution >= 4 is 11.9 Å². The van der Waals surface area contributed by atoms with E-state index in [1.165, 1.54) is 26.5 Å². The van der Waals surface area contributed by atoms with Crippen LogP contribution in [0.5, 0.6) is 5.88 Å². The number of carbonyl (C=O) groups excluding carboxylic acids is 2. The molecular weight excluding hydrogens is 346 g/mol. The fourth-order valence-corrected chi connectivity index (χ4v) is 2.40. The number of nitrogens with one attached hydrogen (secondary N) is 1. The molecule has 0 saturated heterocycles. The van der Waals surface area contributed by atoms with Gasteiger partial charge >= 0.3 is 5.97 Å². The summed E-state index contributed by atoms with van der Waals surface area (Å²) in [5, 5.41) is 2.54. The third kappa shape index (κ3) is 4.98. The van der Waals surface area contributed by atoms with Gasteiger partial charge < -0.3 is 14.8 Å². The third-order valence-corrected chi connectivity index (χ3v) is 3.64. The van der Waals surface area contributed by atoms with Crippen LogP contribution in [0.25, 0.3) is 0 Å². The van der Waals surface area contributed by atoms with Gasteiger partial charge in [-0.2, -0.15) is 0 Å². The minimum Gasteiger partial charge on any atom is -0.481 e. The molecule has 2 rings (SSSR count). The van der Waals surface area contributed by atoms with Gasteiger partial charge in [0, 0.05) is 18.2 Å². The summed E-state index contributed by atoms with van der Waals surface area (Å²) in [6, 6.07) is 5.59. The van der Waals surface area contributed by atoms with Gasteiger partial charge in [-0.1, -0.05) is 12.1 Å². The summed E-state index contributed by atoms with van der Waals surface area (Å²) in [6.45, 7) is 0. The Kier molecular flexibility index (Phi) is 6.60. The van der Waals surface area contributed by atoms with E-state index in [9.17, 15) is 18.4 Å². The Morgan fingerprint density at radius 1 is 1.19 bits per heavy atom. The van der Waals surface area contributed by atoms with Gasteiger partial charge in [0.05, 0.1) is 20.6 Å². The van der Waals surface area contributed by atoms with Crippen molar-refractivity contribution in [2.45, 2.75) is 18.9 Å². The summed E-state index contributed by atoms with van der Waals surface area (Å²) >= 11 is 0. The largest absolute Gasteiger partial charge is 0.481 e. The average Bonchev–Trinajstić information content (AvgIpc) is 2.64. The van der Waals surface area contributed by atoms with Gasteiger partial charge in [-0.05, 0) is 23.8 Å². The number of hydrogen-bond donors (Lipinski definition) is 1. The first-order valence-electron chi connectivity index (χ1n) is 7.73. The van der Waals surface area contributed by atoms with Crippen LogP contribution in [0, 0.1) is 11.6 Å². The summed E-state index contributed by atoms with van der Waals surface area (Å²) in [4.78, 5) is 28.2. The van der Waals surface area contributed by atoms with Gasteiger partial charge in [-0.3, -0.25) is 4.79 Å². The molecule has 8 heteroatoms. The number of aromatic nitrogens is 1. The highest BCUT2D eigenvalue weighted by Crippen LogP contribution is 2.16. The number of nitrogens with zero attached hydrogens (tertiary/aromatic N) is 1. The molecule has 26 heavy (non-hydrogen) atoms. The highest BCUT2D eigenvalue weighted by molar-refractivity contribution is 5.85. The zero-order chi connectivity index (χ0) is 19.1. The normalized spacial score (nSPS) is 11.5. The molecule has 0 aliphatic heterocycles. The molecule has 1 amide bonds. The topological polar surface area (TPSA) is 77.5 Å². The first kappa shape index (κ1) is 19.3. The van der Waals surface area contributed by atoms with Crippen molar-refractivity contribution in [3.05, 3.63) is 59.3 Å². The van der Waals surface area contributed by atoms with E-state index >= 15 is 0 Å². The molecular formula is C18H18F2N2O4. The van der Waals surface area contributed by atoms with Gasteiger partial charge in [-0.15, -0.1) is 0 Å². The number of pyridine rings is 1. The van der Waals surface area contributed by atoms with Crippen molar-refractivity contribution in [2.75, 3.05) is 14.2 Å². The van der Waals surface area contributed by atoms with Gasteiger partial charge in [0.25, 0.3) is 0 Å². The molecule has 0 unspecified atom stereocenters. The number of amides is 1.